The molecule has 0 saturated heterocycles. The van der Waals surface area contributed by atoms with Crippen molar-refractivity contribution in [3.05, 3.63) is 15.5 Å². The second kappa shape index (κ2) is 3.84. The van der Waals surface area contributed by atoms with Crippen LogP contribution in [0.4, 0.5) is 0 Å². The molecule has 1 aromatic rings. The molecule has 0 radical (unpaired) electrons. The molecule has 0 saturated carbocycles. The normalized spacial score (nSPS) is 9.92. The average Bonchev–Trinajstić information content (AvgIpc) is 2.35. The summed E-state index contributed by atoms with van der Waals surface area (Å²) in [5.41, 5.74) is 0. The van der Waals surface area contributed by atoms with Crippen LogP contribution in [0.15, 0.2) is 6.20 Å². The van der Waals surface area contributed by atoms with Crippen LogP contribution in [0, 0.1) is 0 Å². The van der Waals surface area contributed by atoms with Crippen molar-refractivity contribution >= 4 is 28.8 Å². The zero-order valence-electron chi connectivity index (χ0n) is 6.45. The van der Waals surface area contributed by atoms with Gasteiger partial charge in [-0.15, -0.1) is 11.3 Å². The molecular formula is C6H8ClN3OS. The van der Waals surface area contributed by atoms with Gasteiger partial charge >= 0.3 is 0 Å². The molecule has 1 aromatic heterocycles. The Balaban J connectivity index is 2.58. The molecule has 0 bridgehead atoms. The van der Waals surface area contributed by atoms with E-state index in [0.717, 1.165) is 9.89 Å². The van der Waals surface area contributed by atoms with Crippen molar-refractivity contribution in [3.8, 4) is 0 Å². The average molecular weight is 206 g/mol. The van der Waals surface area contributed by atoms with Gasteiger partial charge in [-0.2, -0.15) is 0 Å². The second-order valence-corrected chi connectivity index (χ2v) is 3.92. The predicted molar refractivity (Wildman–Crippen MR) is 47.5 cm³/mol. The molecule has 1 heterocycles. The molecule has 0 aliphatic rings. The van der Waals surface area contributed by atoms with Crippen molar-refractivity contribution < 1.29 is 4.79 Å². The van der Waals surface area contributed by atoms with Crippen LogP contribution in [0.3, 0.4) is 0 Å². The predicted octanol–water partition coefficient (Wildman–Crippen LogP) is 1.02. The summed E-state index contributed by atoms with van der Waals surface area (Å²) in [5, 5.41) is 1.11. The highest BCUT2D eigenvalue weighted by atomic mass is 35.5. The maximum Gasteiger partial charge on any atom is 0.233 e. The third-order valence-electron chi connectivity index (χ3n) is 1.26. The quantitative estimate of drug-likeness (QED) is 0.446. The van der Waals surface area contributed by atoms with Crippen molar-refractivity contribution in [2.45, 2.75) is 13.5 Å². The number of halogens is 1. The molecule has 0 aromatic carbocycles. The van der Waals surface area contributed by atoms with Crippen molar-refractivity contribution in [1.82, 2.24) is 9.99 Å². The molecule has 0 aliphatic carbocycles. The molecule has 0 fully saturated rings. The first-order valence-electron chi connectivity index (χ1n) is 3.22. The Morgan fingerprint density at radius 3 is 3.00 bits per heavy atom. The Morgan fingerprint density at radius 2 is 2.58 bits per heavy atom. The maximum absolute atomic E-state index is 10.7. The van der Waals surface area contributed by atoms with Crippen molar-refractivity contribution in [1.29, 1.82) is 0 Å². The van der Waals surface area contributed by atoms with E-state index >= 15 is 0 Å². The van der Waals surface area contributed by atoms with E-state index in [0.29, 0.717) is 11.0 Å². The highest BCUT2D eigenvalue weighted by Gasteiger charge is 2.06. The van der Waals surface area contributed by atoms with Crippen LogP contribution in [0.25, 0.3) is 0 Å². The number of nitrogens with two attached hydrogens (primary N) is 1. The number of hydrogen-bond acceptors (Lipinski definition) is 4. The first-order valence-corrected chi connectivity index (χ1v) is 4.42. The third-order valence-corrected chi connectivity index (χ3v) is 2.36. The van der Waals surface area contributed by atoms with Crippen LogP contribution in [-0.2, 0) is 11.3 Å². The van der Waals surface area contributed by atoms with Gasteiger partial charge in [0.15, 0.2) is 4.47 Å². The number of nitrogens with zero attached hydrogens (tertiary/aromatic N) is 2. The highest BCUT2D eigenvalue weighted by molar-refractivity contribution is 7.15. The van der Waals surface area contributed by atoms with Gasteiger partial charge in [-0.1, -0.05) is 11.6 Å². The van der Waals surface area contributed by atoms with Crippen LogP contribution >= 0.6 is 22.9 Å². The van der Waals surface area contributed by atoms with E-state index in [1.54, 1.807) is 6.20 Å². The van der Waals surface area contributed by atoms with Gasteiger partial charge in [-0.25, -0.2) is 10.8 Å². The van der Waals surface area contributed by atoms with Gasteiger partial charge in [0.1, 0.15) is 0 Å². The molecule has 0 atom stereocenters. The Bertz CT molecular complexity index is 288. The molecule has 2 N–H and O–H groups in total. The minimum atomic E-state index is -0.181. The van der Waals surface area contributed by atoms with Crippen molar-refractivity contribution in [2.75, 3.05) is 0 Å². The fourth-order valence-corrected chi connectivity index (χ4v) is 1.61. The molecule has 66 valence electrons. The van der Waals surface area contributed by atoms with E-state index in [2.05, 4.69) is 4.98 Å². The van der Waals surface area contributed by atoms with E-state index in [-0.39, 0.29) is 5.91 Å². The molecule has 6 heteroatoms. The number of carbonyl (C=O) groups excluding carboxylic acids is 1. The van der Waals surface area contributed by atoms with Crippen LogP contribution in [0.2, 0.25) is 4.47 Å². The van der Waals surface area contributed by atoms with Gasteiger partial charge in [0.25, 0.3) is 0 Å². The molecule has 1 rings (SSSR count). The molecule has 0 aliphatic heterocycles. The van der Waals surface area contributed by atoms with Crippen molar-refractivity contribution in [3.63, 3.8) is 0 Å². The summed E-state index contributed by atoms with van der Waals surface area (Å²) in [6.07, 6.45) is 1.61. The zero-order chi connectivity index (χ0) is 9.14. The Labute approximate surface area is 78.9 Å². The summed E-state index contributed by atoms with van der Waals surface area (Å²) in [7, 11) is 0. The number of carbonyl (C=O) groups is 1. The number of thiazole rings is 1. The highest BCUT2D eigenvalue weighted by Crippen LogP contribution is 2.18. The van der Waals surface area contributed by atoms with Crippen molar-refractivity contribution in [2.24, 2.45) is 5.84 Å². The van der Waals surface area contributed by atoms with Crippen LogP contribution < -0.4 is 5.84 Å². The largest absolute Gasteiger partial charge is 0.276 e. The molecular weight excluding hydrogens is 198 g/mol. The van der Waals surface area contributed by atoms with Crippen LogP contribution in [-0.4, -0.2) is 15.9 Å². The maximum atomic E-state index is 10.7. The summed E-state index contributed by atoms with van der Waals surface area (Å²) in [6.45, 7) is 1.77. The van der Waals surface area contributed by atoms with E-state index in [9.17, 15) is 4.79 Å². The number of rotatable bonds is 2. The van der Waals surface area contributed by atoms with Gasteiger partial charge in [0, 0.05) is 18.0 Å². The van der Waals surface area contributed by atoms with E-state index in [1.165, 1.54) is 18.3 Å². The molecule has 1 amide bonds. The van der Waals surface area contributed by atoms with E-state index < -0.39 is 0 Å². The minimum absolute atomic E-state index is 0.181. The Kier molecular flexibility index (Phi) is 3.02. The first kappa shape index (κ1) is 9.44. The smallest absolute Gasteiger partial charge is 0.233 e. The molecule has 0 unspecified atom stereocenters. The van der Waals surface area contributed by atoms with Gasteiger partial charge < -0.3 is 0 Å². The summed E-state index contributed by atoms with van der Waals surface area (Å²) in [6, 6.07) is 0. The SMILES string of the molecule is CC(=O)N(N)Cc1cnc(Cl)s1. The summed E-state index contributed by atoms with van der Waals surface area (Å²) >= 11 is 6.90. The van der Waals surface area contributed by atoms with Crippen LogP contribution in [0.5, 0.6) is 0 Å². The molecule has 4 nitrogen and oxygen atoms in total. The minimum Gasteiger partial charge on any atom is -0.276 e. The molecule has 12 heavy (non-hydrogen) atoms. The van der Waals surface area contributed by atoms with E-state index in [1.807, 2.05) is 0 Å². The van der Waals surface area contributed by atoms with Gasteiger partial charge in [0.05, 0.1) is 6.54 Å². The first-order chi connectivity index (χ1) is 5.59. The third kappa shape index (κ3) is 2.44. The summed E-state index contributed by atoms with van der Waals surface area (Å²) in [5.74, 6) is 5.20. The lowest BCUT2D eigenvalue weighted by molar-refractivity contribution is -0.129. The number of hydrogen-bond donors (Lipinski definition) is 1. The summed E-state index contributed by atoms with van der Waals surface area (Å²) < 4.78 is 0.460. The number of hydrazine groups is 1. The van der Waals surface area contributed by atoms with Crippen LogP contribution in [0.1, 0.15) is 11.8 Å². The monoisotopic (exact) mass is 205 g/mol. The zero-order valence-corrected chi connectivity index (χ0v) is 8.02. The Hall–Kier alpha value is -0.650. The van der Waals surface area contributed by atoms with Gasteiger partial charge in [-0.3, -0.25) is 9.80 Å². The molecule has 0 spiro atoms. The lowest BCUT2D eigenvalue weighted by Crippen LogP contribution is -2.34. The standard InChI is InChI=1S/C6H8ClN3OS/c1-4(11)10(8)3-5-2-9-6(7)12-5/h2H,3,8H2,1H3. The number of aromatic nitrogens is 1. The summed E-state index contributed by atoms with van der Waals surface area (Å²) in [4.78, 5) is 15.4. The second-order valence-electron chi connectivity index (χ2n) is 2.23. The Morgan fingerprint density at radius 1 is 1.92 bits per heavy atom. The van der Waals surface area contributed by atoms with Gasteiger partial charge in [-0.05, 0) is 0 Å². The van der Waals surface area contributed by atoms with E-state index in [4.69, 9.17) is 17.4 Å². The lowest BCUT2D eigenvalue weighted by atomic mass is 10.5. The number of amides is 1. The topological polar surface area (TPSA) is 59.2 Å². The lowest BCUT2D eigenvalue weighted by Gasteiger charge is -2.11. The fraction of sp³-hybridized carbons (Fsp3) is 0.333. The fourth-order valence-electron chi connectivity index (χ4n) is 0.636. The van der Waals surface area contributed by atoms with Gasteiger partial charge in [0.2, 0.25) is 5.91 Å².